The first-order chi connectivity index (χ1) is 7.24. The normalized spacial score (nSPS) is 18.5. The van der Waals surface area contributed by atoms with Gasteiger partial charge in [0.05, 0.1) is 6.10 Å². The molecular weight excluding hydrogens is 254 g/mol. The third-order valence-corrected chi connectivity index (χ3v) is 3.53. The molecule has 0 aromatic carbocycles. The van der Waals surface area contributed by atoms with Crippen molar-refractivity contribution in [1.82, 2.24) is 4.98 Å². The Morgan fingerprint density at radius 2 is 2.27 bits per heavy atom. The number of nitrogens with zero attached hydrogens (tertiary/aromatic N) is 1. The molecule has 1 aliphatic carbocycles. The molecule has 0 bridgehead atoms. The smallest absolute Gasteiger partial charge is 0.0598 e. The van der Waals surface area contributed by atoms with Gasteiger partial charge in [-0.2, -0.15) is 0 Å². The van der Waals surface area contributed by atoms with E-state index in [2.05, 4.69) is 20.9 Å². The fourth-order valence-corrected chi connectivity index (χ4v) is 2.20. The molecule has 2 rings (SSSR count). The van der Waals surface area contributed by atoms with Crippen LogP contribution >= 0.6 is 15.9 Å². The number of hydrogen-bond donors (Lipinski definition) is 1. The third-order valence-electron chi connectivity index (χ3n) is 3.06. The Bertz CT molecular complexity index is 308. The Morgan fingerprint density at radius 3 is 2.80 bits per heavy atom. The van der Waals surface area contributed by atoms with Crippen molar-refractivity contribution in [2.75, 3.05) is 0 Å². The van der Waals surface area contributed by atoms with Gasteiger partial charge in [-0.3, -0.25) is 4.98 Å². The lowest BCUT2D eigenvalue weighted by molar-refractivity contribution is 0.117. The number of halogens is 1. The highest BCUT2D eigenvalue weighted by molar-refractivity contribution is 9.10. The molecule has 1 heterocycles. The fraction of sp³-hybridized carbons (Fsp3) is 0.583. The molecule has 1 fully saturated rings. The molecule has 1 aromatic rings. The van der Waals surface area contributed by atoms with Gasteiger partial charge in [-0.15, -0.1) is 0 Å². The van der Waals surface area contributed by atoms with E-state index >= 15 is 0 Å². The second kappa shape index (κ2) is 5.08. The van der Waals surface area contributed by atoms with E-state index in [1.165, 1.54) is 19.3 Å². The van der Waals surface area contributed by atoms with E-state index in [0.29, 0.717) is 6.42 Å². The molecule has 0 radical (unpaired) electrons. The maximum Gasteiger partial charge on any atom is 0.0598 e. The molecule has 1 saturated carbocycles. The van der Waals surface area contributed by atoms with Crippen LogP contribution in [-0.4, -0.2) is 16.2 Å². The van der Waals surface area contributed by atoms with Gasteiger partial charge in [0, 0.05) is 22.8 Å². The minimum absolute atomic E-state index is 0.219. The first-order valence-corrected chi connectivity index (χ1v) is 6.32. The highest BCUT2D eigenvalue weighted by Crippen LogP contribution is 2.30. The lowest BCUT2D eigenvalue weighted by Gasteiger charge is -2.27. The average Bonchev–Trinajstić information content (AvgIpc) is 2.16. The van der Waals surface area contributed by atoms with Crippen LogP contribution in [0.5, 0.6) is 0 Å². The number of aromatic nitrogens is 1. The van der Waals surface area contributed by atoms with Crippen LogP contribution < -0.4 is 0 Å². The Morgan fingerprint density at radius 1 is 1.47 bits per heavy atom. The van der Waals surface area contributed by atoms with Crippen molar-refractivity contribution < 1.29 is 5.11 Å². The van der Waals surface area contributed by atoms with E-state index in [9.17, 15) is 5.11 Å². The van der Waals surface area contributed by atoms with Gasteiger partial charge in [0.15, 0.2) is 0 Å². The summed E-state index contributed by atoms with van der Waals surface area (Å²) < 4.78 is 0.986. The van der Waals surface area contributed by atoms with Gasteiger partial charge in [-0.25, -0.2) is 0 Å². The second-order valence-electron chi connectivity index (χ2n) is 4.36. The molecule has 1 aliphatic rings. The molecule has 1 N–H and O–H groups in total. The number of pyridine rings is 1. The largest absolute Gasteiger partial charge is 0.393 e. The van der Waals surface area contributed by atoms with Crippen molar-refractivity contribution in [3.63, 3.8) is 0 Å². The van der Waals surface area contributed by atoms with E-state index in [0.717, 1.165) is 22.5 Å². The van der Waals surface area contributed by atoms with E-state index in [4.69, 9.17) is 0 Å². The third kappa shape index (κ3) is 3.28. The van der Waals surface area contributed by atoms with Gasteiger partial charge in [-0.05, 0) is 40.4 Å². The van der Waals surface area contributed by atoms with Crippen molar-refractivity contribution in [3.8, 4) is 0 Å². The zero-order valence-electron chi connectivity index (χ0n) is 8.69. The van der Waals surface area contributed by atoms with Gasteiger partial charge in [0.1, 0.15) is 0 Å². The van der Waals surface area contributed by atoms with E-state index in [1.54, 1.807) is 6.20 Å². The topological polar surface area (TPSA) is 33.1 Å². The summed E-state index contributed by atoms with van der Waals surface area (Å²) in [4.78, 5) is 4.26. The Balaban J connectivity index is 1.82. The maximum atomic E-state index is 9.86. The van der Waals surface area contributed by atoms with Crippen LogP contribution in [0.4, 0.5) is 0 Å². The highest BCUT2D eigenvalue weighted by atomic mass is 79.9. The van der Waals surface area contributed by atoms with Gasteiger partial charge < -0.3 is 5.11 Å². The molecule has 1 aromatic heterocycles. The predicted octanol–water partition coefficient (Wildman–Crippen LogP) is 2.94. The van der Waals surface area contributed by atoms with Gasteiger partial charge in [-0.1, -0.05) is 19.3 Å². The molecule has 0 aliphatic heterocycles. The molecule has 1 unspecified atom stereocenters. The molecule has 15 heavy (non-hydrogen) atoms. The number of aliphatic hydroxyl groups excluding tert-OH is 1. The quantitative estimate of drug-likeness (QED) is 0.912. The molecule has 1 atom stereocenters. The average molecular weight is 270 g/mol. The summed E-state index contributed by atoms with van der Waals surface area (Å²) in [7, 11) is 0. The molecule has 0 amide bonds. The van der Waals surface area contributed by atoms with Gasteiger partial charge >= 0.3 is 0 Å². The summed E-state index contributed by atoms with van der Waals surface area (Å²) in [6.07, 6.45) is 7.13. The Hall–Kier alpha value is -0.410. The van der Waals surface area contributed by atoms with Crippen LogP contribution in [0.15, 0.2) is 22.8 Å². The van der Waals surface area contributed by atoms with E-state index in [1.807, 2.05) is 12.1 Å². The minimum atomic E-state index is -0.219. The lowest BCUT2D eigenvalue weighted by Crippen LogP contribution is -2.21. The van der Waals surface area contributed by atoms with Gasteiger partial charge in [0.2, 0.25) is 0 Å². The summed E-state index contributed by atoms with van der Waals surface area (Å²) in [5.41, 5.74) is 0.977. The van der Waals surface area contributed by atoms with Crippen molar-refractivity contribution >= 4 is 15.9 Å². The summed E-state index contributed by atoms with van der Waals surface area (Å²) in [6.45, 7) is 0. The van der Waals surface area contributed by atoms with Crippen LogP contribution in [0, 0.1) is 5.92 Å². The van der Waals surface area contributed by atoms with Crippen LogP contribution in [0.1, 0.15) is 31.4 Å². The maximum absolute atomic E-state index is 9.86. The lowest BCUT2D eigenvalue weighted by atomic mass is 9.81. The molecule has 2 nitrogen and oxygen atoms in total. The van der Waals surface area contributed by atoms with Crippen LogP contribution in [0.25, 0.3) is 0 Å². The van der Waals surface area contributed by atoms with Crippen molar-refractivity contribution in [2.45, 2.75) is 38.2 Å². The highest BCUT2D eigenvalue weighted by Gasteiger charge is 2.21. The van der Waals surface area contributed by atoms with E-state index < -0.39 is 0 Å². The molecule has 3 heteroatoms. The second-order valence-corrected chi connectivity index (χ2v) is 5.27. The van der Waals surface area contributed by atoms with Crippen molar-refractivity contribution in [1.29, 1.82) is 0 Å². The van der Waals surface area contributed by atoms with Crippen LogP contribution in [-0.2, 0) is 6.42 Å². The number of rotatable bonds is 4. The molecule has 0 spiro atoms. The summed E-state index contributed by atoms with van der Waals surface area (Å²) >= 11 is 3.35. The Kier molecular flexibility index (Phi) is 3.76. The van der Waals surface area contributed by atoms with E-state index in [-0.39, 0.29) is 6.10 Å². The predicted molar refractivity (Wildman–Crippen MR) is 63.6 cm³/mol. The summed E-state index contributed by atoms with van der Waals surface area (Å²) in [5.74, 6) is 0.760. The fourth-order valence-electron chi connectivity index (χ4n) is 1.97. The first-order valence-electron chi connectivity index (χ1n) is 5.52. The summed E-state index contributed by atoms with van der Waals surface area (Å²) in [5, 5.41) is 9.86. The van der Waals surface area contributed by atoms with Crippen LogP contribution in [0.2, 0.25) is 0 Å². The van der Waals surface area contributed by atoms with Crippen molar-refractivity contribution in [2.24, 2.45) is 5.92 Å². The van der Waals surface area contributed by atoms with Crippen molar-refractivity contribution in [3.05, 3.63) is 28.5 Å². The number of hydrogen-bond acceptors (Lipinski definition) is 2. The van der Waals surface area contributed by atoms with Crippen LogP contribution in [0.3, 0.4) is 0 Å². The molecule has 0 saturated heterocycles. The first kappa shape index (κ1) is 11.1. The SMILES string of the molecule is OC(Cc1ccc(Br)cn1)CC1CCC1. The summed E-state index contributed by atoms with van der Waals surface area (Å²) in [6, 6.07) is 3.94. The zero-order chi connectivity index (χ0) is 10.7. The Labute approximate surface area is 98.9 Å². The van der Waals surface area contributed by atoms with Gasteiger partial charge in [0.25, 0.3) is 0 Å². The monoisotopic (exact) mass is 269 g/mol. The standard InChI is InChI=1S/C12H16BrNO/c13-10-4-5-11(14-8-10)7-12(15)6-9-2-1-3-9/h4-5,8-9,12,15H,1-3,6-7H2. The molecule has 82 valence electrons. The molecular formula is C12H16BrNO. The minimum Gasteiger partial charge on any atom is -0.393 e. The zero-order valence-corrected chi connectivity index (χ0v) is 10.3. The number of aliphatic hydroxyl groups is 1.